The monoisotopic (exact) mass is 212 g/mol. The second-order valence-electron chi connectivity index (χ2n) is 4.79. The van der Waals surface area contributed by atoms with Crippen molar-refractivity contribution in [3.05, 3.63) is 0 Å². The smallest absolute Gasteiger partial charge is 0.00669 e. The lowest BCUT2D eigenvalue weighted by Gasteiger charge is -2.26. The lowest BCUT2D eigenvalue weighted by Crippen LogP contribution is -2.33. The van der Waals surface area contributed by atoms with Gasteiger partial charge in [0.05, 0.1) is 0 Å². The summed E-state index contributed by atoms with van der Waals surface area (Å²) in [5.74, 6) is 0. The fourth-order valence-corrected chi connectivity index (χ4v) is 2.41. The molecular weight excluding hydrogens is 184 g/mol. The Kier molecular flexibility index (Phi) is 7.03. The first-order chi connectivity index (χ1) is 7.34. The van der Waals surface area contributed by atoms with E-state index >= 15 is 0 Å². The minimum absolute atomic E-state index is 0.826. The van der Waals surface area contributed by atoms with Gasteiger partial charge in [-0.3, -0.25) is 0 Å². The Balaban J connectivity index is 2.07. The van der Waals surface area contributed by atoms with E-state index in [0.717, 1.165) is 12.6 Å². The summed E-state index contributed by atoms with van der Waals surface area (Å²) in [6.45, 7) is 9.53. The van der Waals surface area contributed by atoms with Gasteiger partial charge in [0.25, 0.3) is 0 Å². The molecule has 0 bridgehead atoms. The number of nitrogens with zero attached hydrogens (tertiary/aromatic N) is 1. The topological polar surface area (TPSA) is 15.3 Å². The lowest BCUT2D eigenvalue weighted by atomic mass is 10.1. The van der Waals surface area contributed by atoms with Crippen molar-refractivity contribution in [3.63, 3.8) is 0 Å². The molecule has 2 nitrogen and oxygen atoms in total. The van der Waals surface area contributed by atoms with Gasteiger partial charge >= 0.3 is 0 Å². The Morgan fingerprint density at radius 3 is 2.87 bits per heavy atom. The molecule has 1 fully saturated rings. The molecule has 0 radical (unpaired) electrons. The minimum Gasteiger partial charge on any atom is -0.317 e. The van der Waals surface area contributed by atoms with E-state index in [-0.39, 0.29) is 0 Å². The third-order valence-corrected chi connectivity index (χ3v) is 3.49. The van der Waals surface area contributed by atoms with Crippen molar-refractivity contribution in [1.82, 2.24) is 10.2 Å². The maximum atomic E-state index is 3.39. The first kappa shape index (κ1) is 13.0. The van der Waals surface area contributed by atoms with Gasteiger partial charge < -0.3 is 10.2 Å². The summed E-state index contributed by atoms with van der Waals surface area (Å²) in [6, 6.07) is 0.826. The summed E-state index contributed by atoms with van der Waals surface area (Å²) in [6.07, 6.45) is 8.40. The van der Waals surface area contributed by atoms with E-state index in [1.165, 1.54) is 58.2 Å². The standard InChI is InChI=1S/C13H28N2/c1-3-14-10-6-8-12-15-11-7-4-5-9-13(15)2/h13-14H,3-12H2,1-2H3. The molecule has 0 saturated carbocycles. The van der Waals surface area contributed by atoms with Crippen LogP contribution in [-0.2, 0) is 0 Å². The van der Waals surface area contributed by atoms with Gasteiger partial charge in [-0.1, -0.05) is 19.8 Å². The van der Waals surface area contributed by atoms with Crippen LogP contribution in [0.2, 0.25) is 0 Å². The molecule has 2 heteroatoms. The van der Waals surface area contributed by atoms with Crippen LogP contribution in [0.4, 0.5) is 0 Å². The predicted molar refractivity (Wildman–Crippen MR) is 67.3 cm³/mol. The molecule has 1 saturated heterocycles. The lowest BCUT2D eigenvalue weighted by molar-refractivity contribution is 0.209. The van der Waals surface area contributed by atoms with Gasteiger partial charge in [0.15, 0.2) is 0 Å². The van der Waals surface area contributed by atoms with Crippen molar-refractivity contribution in [2.24, 2.45) is 0 Å². The summed E-state index contributed by atoms with van der Waals surface area (Å²) in [4.78, 5) is 2.69. The molecule has 1 unspecified atom stereocenters. The molecule has 1 rings (SSSR count). The van der Waals surface area contributed by atoms with Gasteiger partial charge in [0.1, 0.15) is 0 Å². The molecule has 0 aromatic rings. The molecule has 1 heterocycles. The second kappa shape index (κ2) is 8.12. The average molecular weight is 212 g/mol. The Bertz CT molecular complexity index is 147. The molecule has 90 valence electrons. The van der Waals surface area contributed by atoms with Crippen LogP contribution < -0.4 is 5.32 Å². The number of nitrogens with one attached hydrogen (secondary N) is 1. The molecule has 0 aromatic heterocycles. The number of hydrogen-bond donors (Lipinski definition) is 1. The van der Waals surface area contributed by atoms with Gasteiger partial charge in [0, 0.05) is 6.04 Å². The molecule has 1 N–H and O–H groups in total. The van der Waals surface area contributed by atoms with Crippen LogP contribution >= 0.6 is 0 Å². The maximum absolute atomic E-state index is 3.39. The Labute approximate surface area is 95.4 Å². The molecule has 1 aliphatic heterocycles. The molecule has 15 heavy (non-hydrogen) atoms. The van der Waals surface area contributed by atoms with Crippen LogP contribution in [0.3, 0.4) is 0 Å². The highest BCUT2D eigenvalue weighted by Crippen LogP contribution is 2.16. The van der Waals surface area contributed by atoms with Gasteiger partial charge in [-0.15, -0.1) is 0 Å². The number of rotatable bonds is 6. The quantitative estimate of drug-likeness (QED) is 0.681. The van der Waals surface area contributed by atoms with Crippen LogP contribution in [-0.4, -0.2) is 37.1 Å². The highest BCUT2D eigenvalue weighted by atomic mass is 15.1. The number of likely N-dealkylation sites (tertiary alicyclic amines) is 1. The van der Waals surface area contributed by atoms with E-state index in [1.807, 2.05) is 0 Å². The Morgan fingerprint density at radius 1 is 1.20 bits per heavy atom. The van der Waals surface area contributed by atoms with Crippen molar-refractivity contribution in [1.29, 1.82) is 0 Å². The summed E-state index contributed by atoms with van der Waals surface area (Å²) < 4.78 is 0. The molecule has 0 aromatic carbocycles. The first-order valence-corrected chi connectivity index (χ1v) is 6.79. The molecule has 1 atom stereocenters. The van der Waals surface area contributed by atoms with Crippen molar-refractivity contribution >= 4 is 0 Å². The summed E-state index contributed by atoms with van der Waals surface area (Å²) in [7, 11) is 0. The normalized spacial score (nSPS) is 24.0. The van der Waals surface area contributed by atoms with E-state index < -0.39 is 0 Å². The number of hydrogen-bond acceptors (Lipinski definition) is 2. The van der Waals surface area contributed by atoms with Crippen LogP contribution in [0.1, 0.15) is 52.4 Å². The maximum Gasteiger partial charge on any atom is 0.00669 e. The van der Waals surface area contributed by atoms with Crippen LogP contribution in [0.25, 0.3) is 0 Å². The van der Waals surface area contributed by atoms with E-state index in [9.17, 15) is 0 Å². The van der Waals surface area contributed by atoms with E-state index in [1.54, 1.807) is 0 Å². The zero-order chi connectivity index (χ0) is 10.9. The highest BCUT2D eigenvalue weighted by Gasteiger charge is 2.15. The van der Waals surface area contributed by atoms with Crippen molar-refractivity contribution in [3.8, 4) is 0 Å². The second-order valence-corrected chi connectivity index (χ2v) is 4.79. The molecule has 0 amide bonds. The fraction of sp³-hybridized carbons (Fsp3) is 1.00. The predicted octanol–water partition coefficient (Wildman–Crippen LogP) is 2.64. The van der Waals surface area contributed by atoms with Crippen LogP contribution in [0.5, 0.6) is 0 Å². The summed E-state index contributed by atoms with van der Waals surface area (Å²) >= 11 is 0. The van der Waals surface area contributed by atoms with Crippen molar-refractivity contribution in [2.45, 2.75) is 58.4 Å². The van der Waals surface area contributed by atoms with Gasteiger partial charge in [-0.2, -0.15) is 0 Å². The fourth-order valence-electron chi connectivity index (χ4n) is 2.41. The largest absolute Gasteiger partial charge is 0.317 e. The molecular formula is C13H28N2. The molecule has 0 aliphatic carbocycles. The van der Waals surface area contributed by atoms with Gasteiger partial charge in [0.2, 0.25) is 0 Å². The molecule has 0 spiro atoms. The van der Waals surface area contributed by atoms with Crippen molar-refractivity contribution in [2.75, 3.05) is 26.2 Å². The first-order valence-electron chi connectivity index (χ1n) is 6.79. The Hall–Kier alpha value is -0.0800. The third kappa shape index (κ3) is 5.53. The highest BCUT2D eigenvalue weighted by molar-refractivity contribution is 4.71. The Morgan fingerprint density at radius 2 is 2.07 bits per heavy atom. The van der Waals surface area contributed by atoms with E-state index in [4.69, 9.17) is 0 Å². The summed E-state index contributed by atoms with van der Waals surface area (Å²) in [5, 5.41) is 3.39. The third-order valence-electron chi connectivity index (χ3n) is 3.49. The number of unbranched alkanes of at least 4 members (excludes halogenated alkanes) is 1. The van der Waals surface area contributed by atoms with Crippen LogP contribution in [0, 0.1) is 0 Å². The van der Waals surface area contributed by atoms with Gasteiger partial charge in [-0.05, 0) is 58.8 Å². The van der Waals surface area contributed by atoms with E-state index in [2.05, 4.69) is 24.1 Å². The zero-order valence-corrected chi connectivity index (χ0v) is 10.6. The summed E-state index contributed by atoms with van der Waals surface area (Å²) in [5.41, 5.74) is 0. The molecule has 1 aliphatic rings. The van der Waals surface area contributed by atoms with Crippen molar-refractivity contribution < 1.29 is 0 Å². The van der Waals surface area contributed by atoms with E-state index in [0.29, 0.717) is 0 Å². The zero-order valence-electron chi connectivity index (χ0n) is 10.6. The van der Waals surface area contributed by atoms with Gasteiger partial charge in [-0.25, -0.2) is 0 Å². The minimum atomic E-state index is 0.826. The average Bonchev–Trinajstić information content (AvgIpc) is 2.44. The van der Waals surface area contributed by atoms with Crippen LogP contribution in [0.15, 0.2) is 0 Å². The SMILES string of the molecule is CCNCCCCN1CCCCCC1C.